The van der Waals surface area contributed by atoms with Gasteiger partial charge in [-0.1, -0.05) is 24.3 Å². The number of hydrogen-bond donors (Lipinski definition) is 1. The van der Waals surface area contributed by atoms with E-state index in [-0.39, 0.29) is 0 Å². The summed E-state index contributed by atoms with van der Waals surface area (Å²) < 4.78 is 0. The predicted octanol–water partition coefficient (Wildman–Crippen LogP) is 4.00. The third kappa shape index (κ3) is 2.75. The standard InChI is InChI=1S/C17H21NS/c1-18-17(11-13-9-10-19-12-13)16-8-4-6-14-5-2-3-7-15(14)16/h2-3,5,7,9-10,12,16-18H,4,6,8,11H2,1H3. The molecule has 2 atom stereocenters. The second-order valence-corrected chi connectivity index (χ2v) is 6.21. The van der Waals surface area contributed by atoms with Crippen LogP contribution in [0.4, 0.5) is 0 Å². The number of likely N-dealkylation sites (N-methyl/N-ethyl adjacent to an activating group) is 1. The Bertz CT molecular complexity index is 518. The van der Waals surface area contributed by atoms with Gasteiger partial charge in [0.1, 0.15) is 0 Å². The zero-order chi connectivity index (χ0) is 13.1. The topological polar surface area (TPSA) is 12.0 Å². The molecular formula is C17H21NS. The van der Waals surface area contributed by atoms with Crippen molar-refractivity contribution in [2.24, 2.45) is 0 Å². The molecule has 1 nitrogen and oxygen atoms in total. The van der Waals surface area contributed by atoms with Crippen LogP contribution in [0, 0.1) is 0 Å². The molecule has 0 aliphatic heterocycles. The summed E-state index contributed by atoms with van der Waals surface area (Å²) in [6, 6.07) is 11.8. The predicted molar refractivity (Wildman–Crippen MR) is 83.0 cm³/mol. The average molecular weight is 271 g/mol. The minimum atomic E-state index is 0.552. The lowest BCUT2D eigenvalue weighted by molar-refractivity contribution is 0.411. The number of nitrogens with one attached hydrogen (secondary N) is 1. The minimum Gasteiger partial charge on any atom is -0.316 e. The Kier molecular flexibility index (Phi) is 4.00. The Morgan fingerprint density at radius 2 is 2.21 bits per heavy atom. The molecule has 0 spiro atoms. The first-order valence-corrected chi connectivity index (χ1v) is 8.09. The third-order valence-corrected chi connectivity index (χ3v) is 5.04. The van der Waals surface area contributed by atoms with Gasteiger partial charge in [-0.15, -0.1) is 0 Å². The van der Waals surface area contributed by atoms with Crippen LogP contribution in [-0.4, -0.2) is 13.1 Å². The highest BCUT2D eigenvalue weighted by molar-refractivity contribution is 7.07. The molecule has 2 heteroatoms. The minimum absolute atomic E-state index is 0.552. The summed E-state index contributed by atoms with van der Waals surface area (Å²) in [6.45, 7) is 0. The van der Waals surface area contributed by atoms with E-state index in [0.717, 1.165) is 6.42 Å². The maximum Gasteiger partial charge on any atom is 0.0174 e. The van der Waals surface area contributed by atoms with Crippen molar-refractivity contribution in [3.8, 4) is 0 Å². The summed E-state index contributed by atoms with van der Waals surface area (Å²) >= 11 is 1.80. The second kappa shape index (κ2) is 5.89. The van der Waals surface area contributed by atoms with Crippen molar-refractivity contribution < 1.29 is 0 Å². The highest BCUT2D eigenvalue weighted by Gasteiger charge is 2.26. The van der Waals surface area contributed by atoms with Gasteiger partial charge in [0, 0.05) is 6.04 Å². The fraction of sp³-hybridized carbons (Fsp3) is 0.412. The molecule has 3 rings (SSSR count). The number of hydrogen-bond acceptors (Lipinski definition) is 2. The number of aryl methyl sites for hydroxylation is 1. The van der Waals surface area contributed by atoms with Gasteiger partial charge in [-0.3, -0.25) is 0 Å². The number of rotatable bonds is 4. The van der Waals surface area contributed by atoms with Gasteiger partial charge in [0.25, 0.3) is 0 Å². The van der Waals surface area contributed by atoms with E-state index in [4.69, 9.17) is 0 Å². The monoisotopic (exact) mass is 271 g/mol. The van der Waals surface area contributed by atoms with Gasteiger partial charge in [0.15, 0.2) is 0 Å². The fourth-order valence-corrected chi connectivity index (χ4v) is 4.00. The van der Waals surface area contributed by atoms with E-state index in [1.165, 1.54) is 24.8 Å². The molecule has 0 amide bonds. The molecule has 0 fully saturated rings. The van der Waals surface area contributed by atoms with Gasteiger partial charge in [-0.05, 0) is 72.2 Å². The molecule has 1 aliphatic carbocycles. The summed E-state index contributed by atoms with van der Waals surface area (Å²) in [4.78, 5) is 0. The molecule has 2 aromatic rings. The molecule has 0 bridgehead atoms. The maximum absolute atomic E-state index is 3.56. The summed E-state index contributed by atoms with van der Waals surface area (Å²) in [5.74, 6) is 0.662. The van der Waals surface area contributed by atoms with Crippen molar-refractivity contribution in [2.45, 2.75) is 37.6 Å². The number of benzene rings is 1. The first-order valence-electron chi connectivity index (χ1n) is 7.14. The van der Waals surface area contributed by atoms with Crippen LogP contribution < -0.4 is 5.32 Å². The van der Waals surface area contributed by atoms with Gasteiger partial charge in [-0.25, -0.2) is 0 Å². The van der Waals surface area contributed by atoms with Crippen LogP contribution in [0.15, 0.2) is 41.1 Å². The Balaban J connectivity index is 1.84. The van der Waals surface area contributed by atoms with Crippen molar-refractivity contribution in [3.05, 3.63) is 57.8 Å². The molecule has 1 aliphatic rings. The molecule has 19 heavy (non-hydrogen) atoms. The molecule has 1 aromatic heterocycles. The second-order valence-electron chi connectivity index (χ2n) is 5.43. The molecule has 0 radical (unpaired) electrons. The third-order valence-electron chi connectivity index (χ3n) is 4.31. The zero-order valence-corrected chi connectivity index (χ0v) is 12.2. The van der Waals surface area contributed by atoms with Gasteiger partial charge in [-0.2, -0.15) is 11.3 Å². The SMILES string of the molecule is CNC(Cc1ccsc1)C1CCCc2ccccc21. The van der Waals surface area contributed by atoms with E-state index in [1.54, 1.807) is 22.5 Å². The maximum atomic E-state index is 3.56. The zero-order valence-electron chi connectivity index (χ0n) is 11.4. The molecule has 2 unspecified atom stereocenters. The number of fused-ring (bicyclic) bond motifs is 1. The lowest BCUT2D eigenvalue weighted by Gasteiger charge is -2.32. The Hall–Kier alpha value is -1.12. The number of thiophene rings is 1. The van der Waals surface area contributed by atoms with Gasteiger partial charge >= 0.3 is 0 Å². The molecule has 1 aromatic carbocycles. The Labute approximate surface area is 119 Å². The van der Waals surface area contributed by atoms with Crippen LogP contribution in [-0.2, 0) is 12.8 Å². The molecule has 1 heterocycles. The Morgan fingerprint density at radius 3 is 3.00 bits per heavy atom. The van der Waals surface area contributed by atoms with Crippen LogP contribution in [0.2, 0.25) is 0 Å². The van der Waals surface area contributed by atoms with E-state index in [0.29, 0.717) is 12.0 Å². The molecule has 100 valence electrons. The summed E-state index contributed by atoms with van der Waals surface area (Å²) in [6.07, 6.45) is 5.02. The average Bonchev–Trinajstić information content (AvgIpc) is 2.97. The van der Waals surface area contributed by atoms with Crippen LogP contribution in [0.25, 0.3) is 0 Å². The van der Waals surface area contributed by atoms with Crippen molar-refractivity contribution in [1.82, 2.24) is 5.32 Å². The summed E-state index contributed by atoms with van der Waals surface area (Å²) in [5, 5.41) is 8.01. The van der Waals surface area contributed by atoms with Gasteiger partial charge in [0.05, 0.1) is 0 Å². The van der Waals surface area contributed by atoms with E-state index in [9.17, 15) is 0 Å². The van der Waals surface area contributed by atoms with E-state index in [1.807, 2.05) is 0 Å². The van der Waals surface area contributed by atoms with Gasteiger partial charge in [0.2, 0.25) is 0 Å². The smallest absolute Gasteiger partial charge is 0.0174 e. The quantitative estimate of drug-likeness (QED) is 0.886. The largest absolute Gasteiger partial charge is 0.316 e. The molecule has 1 N–H and O–H groups in total. The van der Waals surface area contributed by atoms with Crippen molar-refractivity contribution in [3.63, 3.8) is 0 Å². The van der Waals surface area contributed by atoms with E-state index < -0.39 is 0 Å². The highest BCUT2D eigenvalue weighted by atomic mass is 32.1. The highest BCUT2D eigenvalue weighted by Crippen LogP contribution is 2.35. The molecule has 0 saturated heterocycles. The first kappa shape index (κ1) is 12.9. The van der Waals surface area contributed by atoms with Crippen molar-refractivity contribution in [1.29, 1.82) is 0 Å². The van der Waals surface area contributed by atoms with E-state index in [2.05, 4.69) is 53.5 Å². The van der Waals surface area contributed by atoms with Crippen molar-refractivity contribution >= 4 is 11.3 Å². The fourth-order valence-electron chi connectivity index (χ4n) is 3.32. The normalized spacial score (nSPS) is 19.9. The van der Waals surface area contributed by atoms with Crippen LogP contribution in [0.1, 0.15) is 35.4 Å². The lowest BCUT2D eigenvalue weighted by atomic mass is 9.77. The Morgan fingerprint density at radius 1 is 1.32 bits per heavy atom. The van der Waals surface area contributed by atoms with Gasteiger partial charge < -0.3 is 5.32 Å². The van der Waals surface area contributed by atoms with Crippen LogP contribution in [0.3, 0.4) is 0 Å². The van der Waals surface area contributed by atoms with E-state index >= 15 is 0 Å². The molecule has 0 saturated carbocycles. The van der Waals surface area contributed by atoms with Crippen LogP contribution in [0.5, 0.6) is 0 Å². The lowest BCUT2D eigenvalue weighted by Crippen LogP contribution is -2.35. The first-order chi connectivity index (χ1) is 9.38. The van der Waals surface area contributed by atoms with Crippen molar-refractivity contribution in [2.75, 3.05) is 7.05 Å². The summed E-state index contributed by atoms with van der Waals surface area (Å²) in [7, 11) is 2.11. The summed E-state index contributed by atoms with van der Waals surface area (Å²) in [5.41, 5.74) is 4.60. The molecular weight excluding hydrogens is 250 g/mol. The van der Waals surface area contributed by atoms with Crippen LogP contribution >= 0.6 is 11.3 Å².